The lowest BCUT2D eigenvalue weighted by molar-refractivity contribution is 0.108. The second-order valence-corrected chi connectivity index (χ2v) is 4.80. The standard InChI is InChI=1S/C15H14OS/c1-2-12-8-10-14(11-9-12)17-15(16)13-6-4-3-5-7-13/h3-11H,2H2,1H3. The predicted octanol–water partition coefficient (Wildman–Crippen LogP) is 4.18. The molecular formula is C15H14OS. The zero-order valence-electron chi connectivity index (χ0n) is 9.72. The Morgan fingerprint density at radius 3 is 2.24 bits per heavy atom. The summed E-state index contributed by atoms with van der Waals surface area (Å²) in [5, 5.41) is 0.0925. The van der Waals surface area contributed by atoms with Crippen molar-refractivity contribution in [2.45, 2.75) is 18.2 Å². The van der Waals surface area contributed by atoms with Crippen LogP contribution in [-0.4, -0.2) is 5.12 Å². The topological polar surface area (TPSA) is 17.1 Å². The Labute approximate surface area is 106 Å². The van der Waals surface area contributed by atoms with Gasteiger partial charge in [-0.15, -0.1) is 0 Å². The van der Waals surface area contributed by atoms with Gasteiger partial charge in [-0.2, -0.15) is 0 Å². The highest BCUT2D eigenvalue weighted by atomic mass is 32.2. The maximum atomic E-state index is 11.9. The third kappa shape index (κ3) is 3.21. The number of hydrogen-bond donors (Lipinski definition) is 0. The Bertz CT molecular complexity index is 488. The maximum Gasteiger partial charge on any atom is 0.224 e. The molecule has 0 N–H and O–H groups in total. The number of benzene rings is 2. The lowest BCUT2D eigenvalue weighted by Crippen LogP contribution is -1.92. The lowest BCUT2D eigenvalue weighted by Gasteiger charge is -2.02. The van der Waals surface area contributed by atoms with Crippen molar-refractivity contribution in [1.82, 2.24) is 0 Å². The van der Waals surface area contributed by atoms with Crippen molar-refractivity contribution in [2.24, 2.45) is 0 Å². The molecule has 0 radical (unpaired) electrons. The summed E-state index contributed by atoms with van der Waals surface area (Å²) in [7, 11) is 0. The Morgan fingerprint density at radius 1 is 1.00 bits per heavy atom. The number of thioether (sulfide) groups is 1. The first kappa shape index (κ1) is 11.9. The summed E-state index contributed by atoms with van der Waals surface area (Å²) in [5.41, 5.74) is 2.04. The van der Waals surface area contributed by atoms with E-state index >= 15 is 0 Å². The number of carbonyl (C=O) groups is 1. The van der Waals surface area contributed by atoms with Crippen LogP contribution in [0.1, 0.15) is 22.8 Å². The lowest BCUT2D eigenvalue weighted by atomic mass is 10.2. The molecule has 86 valence electrons. The number of aryl methyl sites for hydroxylation is 1. The molecule has 0 amide bonds. The zero-order valence-corrected chi connectivity index (χ0v) is 10.5. The molecule has 1 nitrogen and oxygen atoms in total. The van der Waals surface area contributed by atoms with Gasteiger partial charge in [0.1, 0.15) is 0 Å². The van der Waals surface area contributed by atoms with E-state index in [1.807, 2.05) is 42.5 Å². The third-order valence-corrected chi connectivity index (χ3v) is 3.48. The van der Waals surface area contributed by atoms with Crippen LogP contribution in [0.3, 0.4) is 0 Å². The SMILES string of the molecule is CCc1ccc(SC(=O)c2ccccc2)cc1. The van der Waals surface area contributed by atoms with Crippen molar-refractivity contribution in [3.63, 3.8) is 0 Å². The van der Waals surface area contributed by atoms with Gasteiger partial charge in [0.25, 0.3) is 0 Å². The summed E-state index contributed by atoms with van der Waals surface area (Å²) < 4.78 is 0. The zero-order chi connectivity index (χ0) is 12.1. The first-order valence-electron chi connectivity index (χ1n) is 5.66. The summed E-state index contributed by atoms with van der Waals surface area (Å²) in [5.74, 6) is 0. The van der Waals surface area contributed by atoms with E-state index in [-0.39, 0.29) is 5.12 Å². The molecule has 17 heavy (non-hydrogen) atoms. The first-order valence-corrected chi connectivity index (χ1v) is 6.47. The Balaban J connectivity index is 2.08. The van der Waals surface area contributed by atoms with Crippen LogP contribution in [0.15, 0.2) is 59.5 Å². The van der Waals surface area contributed by atoms with Crippen LogP contribution in [-0.2, 0) is 6.42 Å². The smallest absolute Gasteiger partial charge is 0.224 e. The average Bonchev–Trinajstić information content (AvgIpc) is 2.40. The minimum Gasteiger partial charge on any atom is -0.281 e. The molecule has 0 atom stereocenters. The molecule has 2 rings (SSSR count). The van der Waals surface area contributed by atoms with Crippen molar-refractivity contribution < 1.29 is 4.79 Å². The number of carbonyl (C=O) groups excluding carboxylic acids is 1. The largest absolute Gasteiger partial charge is 0.281 e. The van der Waals surface area contributed by atoms with Gasteiger partial charge in [0, 0.05) is 10.5 Å². The van der Waals surface area contributed by atoms with Gasteiger partial charge < -0.3 is 0 Å². The summed E-state index contributed by atoms with van der Waals surface area (Å²) in [4.78, 5) is 12.9. The Hall–Kier alpha value is -1.54. The molecular weight excluding hydrogens is 228 g/mol. The van der Waals surface area contributed by atoms with E-state index < -0.39 is 0 Å². The van der Waals surface area contributed by atoms with Crippen molar-refractivity contribution >= 4 is 16.9 Å². The van der Waals surface area contributed by atoms with Crippen LogP contribution >= 0.6 is 11.8 Å². The first-order chi connectivity index (χ1) is 8.29. The van der Waals surface area contributed by atoms with E-state index in [9.17, 15) is 4.79 Å². The van der Waals surface area contributed by atoms with Gasteiger partial charge in [0.05, 0.1) is 0 Å². The molecule has 0 aliphatic heterocycles. The molecule has 0 heterocycles. The molecule has 2 aromatic carbocycles. The molecule has 0 aromatic heterocycles. The molecule has 0 saturated heterocycles. The van der Waals surface area contributed by atoms with Crippen LogP contribution in [0, 0.1) is 0 Å². The van der Waals surface area contributed by atoms with E-state index in [4.69, 9.17) is 0 Å². The van der Waals surface area contributed by atoms with Crippen LogP contribution in [0.25, 0.3) is 0 Å². The van der Waals surface area contributed by atoms with Gasteiger partial charge in [-0.1, -0.05) is 49.4 Å². The van der Waals surface area contributed by atoms with Gasteiger partial charge >= 0.3 is 0 Å². The molecule has 0 aliphatic rings. The van der Waals surface area contributed by atoms with Crippen molar-refractivity contribution in [3.05, 3.63) is 65.7 Å². The number of hydrogen-bond acceptors (Lipinski definition) is 2. The molecule has 0 aliphatic carbocycles. The summed E-state index contributed by atoms with van der Waals surface area (Å²) in [6.45, 7) is 2.12. The Morgan fingerprint density at radius 2 is 1.65 bits per heavy atom. The summed E-state index contributed by atoms with van der Waals surface area (Å²) in [6.07, 6.45) is 1.03. The van der Waals surface area contributed by atoms with Crippen LogP contribution in [0.5, 0.6) is 0 Å². The average molecular weight is 242 g/mol. The van der Waals surface area contributed by atoms with Crippen molar-refractivity contribution in [1.29, 1.82) is 0 Å². The quantitative estimate of drug-likeness (QED) is 0.751. The highest BCUT2D eigenvalue weighted by molar-refractivity contribution is 8.14. The second-order valence-electron chi connectivity index (χ2n) is 3.75. The predicted molar refractivity (Wildman–Crippen MR) is 72.4 cm³/mol. The molecule has 0 spiro atoms. The van der Waals surface area contributed by atoms with Crippen LogP contribution < -0.4 is 0 Å². The van der Waals surface area contributed by atoms with Crippen molar-refractivity contribution in [2.75, 3.05) is 0 Å². The van der Waals surface area contributed by atoms with E-state index in [0.717, 1.165) is 16.9 Å². The molecule has 0 unspecified atom stereocenters. The fourth-order valence-electron chi connectivity index (χ4n) is 1.53. The summed E-state index contributed by atoms with van der Waals surface area (Å²) >= 11 is 1.28. The van der Waals surface area contributed by atoms with Gasteiger partial charge in [-0.3, -0.25) is 4.79 Å². The monoisotopic (exact) mass is 242 g/mol. The molecule has 0 bridgehead atoms. The minimum atomic E-state index is 0.0925. The molecule has 2 aromatic rings. The van der Waals surface area contributed by atoms with Crippen molar-refractivity contribution in [3.8, 4) is 0 Å². The fraction of sp³-hybridized carbons (Fsp3) is 0.133. The number of rotatable bonds is 3. The molecule has 2 heteroatoms. The molecule has 0 saturated carbocycles. The van der Waals surface area contributed by atoms with Crippen LogP contribution in [0.2, 0.25) is 0 Å². The summed E-state index contributed by atoms with van der Waals surface area (Å²) in [6, 6.07) is 17.5. The van der Waals surface area contributed by atoms with E-state index in [1.165, 1.54) is 17.3 Å². The van der Waals surface area contributed by atoms with Crippen LogP contribution in [0.4, 0.5) is 0 Å². The normalized spacial score (nSPS) is 10.2. The highest BCUT2D eigenvalue weighted by Gasteiger charge is 2.06. The minimum absolute atomic E-state index is 0.0925. The van der Waals surface area contributed by atoms with Gasteiger partial charge in [-0.25, -0.2) is 0 Å². The fourth-order valence-corrected chi connectivity index (χ4v) is 2.27. The second kappa shape index (κ2) is 5.69. The van der Waals surface area contributed by atoms with E-state index in [1.54, 1.807) is 0 Å². The molecule has 0 fully saturated rings. The van der Waals surface area contributed by atoms with Gasteiger partial charge in [0.2, 0.25) is 5.12 Å². The van der Waals surface area contributed by atoms with Gasteiger partial charge in [0.15, 0.2) is 0 Å². The van der Waals surface area contributed by atoms with E-state index in [0.29, 0.717) is 0 Å². The maximum absolute atomic E-state index is 11.9. The highest BCUT2D eigenvalue weighted by Crippen LogP contribution is 2.23. The van der Waals surface area contributed by atoms with E-state index in [2.05, 4.69) is 19.1 Å². The third-order valence-electron chi connectivity index (χ3n) is 2.55. The van der Waals surface area contributed by atoms with Gasteiger partial charge in [-0.05, 0) is 35.9 Å². The Kier molecular flexibility index (Phi) is 3.99.